The molecule has 2 heterocycles. The number of hydrogen-bond donors (Lipinski definition) is 0. The lowest BCUT2D eigenvalue weighted by Crippen LogP contribution is -2.46. The topological polar surface area (TPSA) is 53.1 Å². The third-order valence-corrected chi connectivity index (χ3v) is 5.27. The van der Waals surface area contributed by atoms with E-state index in [0.717, 1.165) is 30.1 Å². The zero-order chi connectivity index (χ0) is 22.2. The minimum Gasteiger partial charge on any atom is -0.406 e. The van der Waals surface area contributed by atoms with Gasteiger partial charge in [0.2, 0.25) is 0 Å². The van der Waals surface area contributed by atoms with Crippen molar-refractivity contribution in [3.8, 4) is 5.75 Å². The normalized spacial score (nSPS) is 18.2. The Bertz CT molecular complexity index is 1010. The number of imide groups is 1. The van der Waals surface area contributed by atoms with Crippen molar-refractivity contribution in [2.24, 2.45) is 0 Å². The first-order valence-corrected chi connectivity index (χ1v) is 9.72. The predicted molar refractivity (Wildman–Crippen MR) is 108 cm³/mol. The van der Waals surface area contributed by atoms with Crippen LogP contribution in [0.5, 0.6) is 5.75 Å². The van der Waals surface area contributed by atoms with Gasteiger partial charge in [-0.2, -0.15) is 0 Å². The molecule has 2 aliphatic rings. The van der Waals surface area contributed by atoms with Crippen LogP contribution in [-0.2, 0) is 9.59 Å². The number of piperazine rings is 1. The van der Waals surface area contributed by atoms with E-state index in [1.807, 2.05) is 18.0 Å². The number of likely N-dealkylation sites (N-methyl/N-ethyl adjacent to an activating group) is 1. The molecule has 1 saturated heterocycles. The second kappa shape index (κ2) is 8.07. The van der Waals surface area contributed by atoms with Crippen LogP contribution in [0.1, 0.15) is 5.56 Å². The highest BCUT2D eigenvalue weighted by atomic mass is 19.4. The van der Waals surface area contributed by atoms with Crippen molar-refractivity contribution in [1.82, 2.24) is 9.80 Å². The van der Waals surface area contributed by atoms with Crippen LogP contribution >= 0.6 is 0 Å². The third kappa shape index (κ3) is 4.27. The van der Waals surface area contributed by atoms with Crippen LogP contribution in [0.3, 0.4) is 0 Å². The smallest absolute Gasteiger partial charge is 0.406 e. The first-order chi connectivity index (χ1) is 14.7. The number of benzene rings is 2. The molecule has 0 bridgehead atoms. The molecule has 0 spiro atoms. The maximum atomic E-state index is 13.4. The van der Waals surface area contributed by atoms with E-state index in [9.17, 15) is 22.8 Å². The molecule has 2 amide bonds. The number of carbonyl (C=O) groups excluding carboxylic acids is 2. The molecular formula is C22H20F3N3O3. The molecule has 6 nitrogen and oxygen atoms in total. The molecule has 2 aromatic carbocycles. The molecule has 0 aromatic heterocycles. The van der Waals surface area contributed by atoms with E-state index >= 15 is 0 Å². The lowest BCUT2D eigenvalue weighted by molar-refractivity contribution is -0.274. The van der Waals surface area contributed by atoms with Crippen molar-refractivity contribution in [1.29, 1.82) is 0 Å². The van der Waals surface area contributed by atoms with Crippen LogP contribution in [0, 0.1) is 0 Å². The lowest BCUT2D eigenvalue weighted by Gasteiger charge is -2.34. The van der Waals surface area contributed by atoms with E-state index in [-0.39, 0.29) is 5.69 Å². The van der Waals surface area contributed by atoms with Gasteiger partial charge in [0, 0.05) is 26.2 Å². The summed E-state index contributed by atoms with van der Waals surface area (Å²) in [5.74, 6) is -1.42. The van der Waals surface area contributed by atoms with Gasteiger partial charge in [-0.25, -0.2) is 4.90 Å². The van der Waals surface area contributed by atoms with Crippen LogP contribution in [0.4, 0.5) is 18.9 Å². The van der Waals surface area contributed by atoms with Gasteiger partial charge < -0.3 is 14.5 Å². The number of amides is 2. The Morgan fingerprint density at radius 2 is 1.45 bits per heavy atom. The van der Waals surface area contributed by atoms with E-state index in [2.05, 4.69) is 9.64 Å². The highest BCUT2D eigenvalue weighted by molar-refractivity contribution is 6.45. The maximum Gasteiger partial charge on any atom is 0.573 e. The zero-order valence-corrected chi connectivity index (χ0v) is 16.7. The summed E-state index contributed by atoms with van der Waals surface area (Å²) in [4.78, 5) is 31.8. The summed E-state index contributed by atoms with van der Waals surface area (Å²) in [6.45, 7) is 2.67. The number of anilines is 1. The van der Waals surface area contributed by atoms with Crippen LogP contribution < -0.4 is 9.64 Å². The van der Waals surface area contributed by atoms with Crippen molar-refractivity contribution < 1.29 is 27.5 Å². The quantitative estimate of drug-likeness (QED) is 0.697. The first-order valence-electron chi connectivity index (χ1n) is 9.72. The van der Waals surface area contributed by atoms with Gasteiger partial charge in [-0.1, -0.05) is 30.3 Å². The van der Waals surface area contributed by atoms with Crippen molar-refractivity contribution in [2.75, 3.05) is 38.1 Å². The lowest BCUT2D eigenvalue weighted by atomic mass is 10.0. The summed E-state index contributed by atoms with van der Waals surface area (Å²) in [6, 6.07) is 13.6. The summed E-state index contributed by atoms with van der Waals surface area (Å²) in [7, 11) is 1.99. The molecule has 1 fully saturated rings. The standard InChI is InChI=1S/C22H20F3N3O3/c1-26-11-13-27(14-12-26)19-18(15-5-3-2-4-6-15)20(29)28(21(19)30)16-7-9-17(10-8-16)31-22(23,24)25/h2-10H,11-14H2,1H3. The fourth-order valence-corrected chi connectivity index (χ4v) is 3.74. The Morgan fingerprint density at radius 1 is 0.839 bits per heavy atom. The minimum atomic E-state index is -4.82. The predicted octanol–water partition coefficient (Wildman–Crippen LogP) is 3.12. The zero-order valence-electron chi connectivity index (χ0n) is 16.7. The molecule has 0 radical (unpaired) electrons. The number of carbonyl (C=O) groups is 2. The van der Waals surface area contributed by atoms with Gasteiger partial charge in [-0.15, -0.1) is 13.2 Å². The number of hydrogen-bond acceptors (Lipinski definition) is 5. The van der Waals surface area contributed by atoms with Gasteiger partial charge in [-0.3, -0.25) is 9.59 Å². The average molecular weight is 431 g/mol. The van der Waals surface area contributed by atoms with Gasteiger partial charge in [0.15, 0.2) is 0 Å². The number of alkyl halides is 3. The van der Waals surface area contributed by atoms with Gasteiger partial charge >= 0.3 is 6.36 Å². The van der Waals surface area contributed by atoms with Gasteiger partial charge in [0.25, 0.3) is 11.8 Å². The average Bonchev–Trinajstić information content (AvgIpc) is 2.99. The monoisotopic (exact) mass is 431 g/mol. The van der Waals surface area contributed by atoms with Crippen LogP contribution in [0.15, 0.2) is 60.3 Å². The Balaban J connectivity index is 1.70. The molecule has 0 N–H and O–H groups in total. The molecule has 0 unspecified atom stereocenters. The van der Waals surface area contributed by atoms with Crippen molar-refractivity contribution in [3.05, 3.63) is 65.9 Å². The van der Waals surface area contributed by atoms with Crippen LogP contribution in [0.2, 0.25) is 0 Å². The highest BCUT2D eigenvalue weighted by Crippen LogP contribution is 2.36. The number of rotatable bonds is 4. The third-order valence-electron chi connectivity index (χ3n) is 5.27. The summed E-state index contributed by atoms with van der Waals surface area (Å²) in [5.41, 5.74) is 1.42. The van der Waals surface area contributed by atoms with E-state index < -0.39 is 23.9 Å². The van der Waals surface area contributed by atoms with Crippen LogP contribution in [0.25, 0.3) is 5.57 Å². The van der Waals surface area contributed by atoms with Crippen molar-refractivity contribution in [2.45, 2.75) is 6.36 Å². The Morgan fingerprint density at radius 3 is 2.03 bits per heavy atom. The molecule has 2 aliphatic heterocycles. The molecule has 2 aromatic rings. The Labute approximate surface area is 177 Å². The van der Waals surface area contributed by atoms with Gasteiger partial charge in [-0.05, 0) is 36.9 Å². The van der Waals surface area contributed by atoms with Crippen molar-refractivity contribution in [3.63, 3.8) is 0 Å². The molecule has 4 rings (SSSR count). The molecule has 0 aliphatic carbocycles. The largest absolute Gasteiger partial charge is 0.573 e. The van der Waals surface area contributed by atoms with E-state index in [1.54, 1.807) is 24.3 Å². The second-order valence-electron chi connectivity index (χ2n) is 7.37. The molecule has 9 heteroatoms. The second-order valence-corrected chi connectivity index (χ2v) is 7.37. The first kappa shape index (κ1) is 20.9. The van der Waals surface area contributed by atoms with E-state index in [4.69, 9.17) is 0 Å². The highest BCUT2D eigenvalue weighted by Gasteiger charge is 2.43. The number of halogens is 3. The van der Waals surface area contributed by atoms with Crippen molar-refractivity contribution >= 4 is 23.1 Å². The summed E-state index contributed by atoms with van der Waals surface area (Å²) in [6.07, 6.45) is -4.82. The Hall–Kier alpha value is -3.33. The fourth-order valence-electron chi connectivity index (χ4n) is 3.74. The Kier molecular flexibility index (Phi) is 5.45. The SMILES string of the molecule is CN1CCN(C2=C(c3ccccc3)C(=O)N(c3ccc(OC(F)(F)F)cc3)C2=O)CC1. The number of nitrogens with zero attached hydrogens (tertiary/aromatic N) is 3. The van der Waals surface area contributed by atoms with Gasteiger partial charge in [0.05, 0.1) is 11.3 Å². The van der Waals surface area contributed by atoms with E-state index in [0.29, 0.717) is 29.9 Å². The summed E-state index contributed by atoms with van der Waals surface area (Å²) in [5, 5.41) is 0. The maximum absolute atomic E-state index is 13.4. The summed E-state index contributed by atoms with van der Waals surface area (Å²) < 4.78 is 41.2. The molecular weight excluding hydrogens is 411 g/mol. The van der Waals surface area contributed by atoms with E-state index in [1.165, 1.54) is 12.1 Å². The number of ether oxygens (including phenoxy) is 1. The fraction of sp³-hybridized carbons (Fsp3) is 0.273. The van der Waals surface area contributed by atoms with Crippen LogP contribution in [-0.4, -0.2) is 61.2 Å². The molecule has 0 saturated carbocycles. The molecule has 0 atom stereocenters. The molecule has 31 heavy (non-hydrogen) atoms. The summed E-state index contributed by atoms with van der Waals surface area (Å²) >= 11 is 0. The molecule has 162 valence electrons. The minimum absolute atomic E-state index is 0.182. The van der Waals surface area contributed by atoms with Gasteiger partial charge in [0.1, 0.15) is 11.4 Å².